The van der Waals surface area contributed by atoms with E-state index in [1.54, 1.807) is 12.4 Å². The SMILES string of the molecule is CCCCCN[C@H](Cc1ccncc1)C(=O)N1CCCC1. The Balaban J connectivity index is 1.93. The highest BCUT2D eigenvalue weighted by molar-refractivity contribution is 5.82. The lowest BCUT2D eigenvalue weighted by Gasteiger charge is -2.24. The van der Waals surface area contributed by atoms with Gasteiger partial charge in [0.25, 0.3) is 0 Å². The summed E-state index contributed by atoms with van der Waals surface area (Å²) in [6.07, 6.45) is 10.2. The van der Waals surface area contributed by atoms with Crippen LogP contribution in [0.5, 0.6) is 0 Å². The van der Waals surface area contributed by atoms with Crippen molar-refractivity contribution in [2.75, 3.05) is 19.6 Å². The van der Waals surface area contributed by atoms with E-state index in [-0.39, 0.29) is 11.9 Å². The molecule has 0 aliphatic carbocycles. The first-order chi connectivity index (χ1) is 10.3. The average molecular weight is 289 g/mol. The zero-order valence-corrected chi connectivity index (χ0v) is 13.1. The molecule has 1 aliphatic heterocycles. The van der Waals surface area contributed by atoms with Crippen molar-refractivity contribution in [2.24, 2.45) is 0 Å². The van der Waals surface area contributed by atoms with Crippen LogP contribution in [0.4, 0.5) is 0 Å². The monoisotopic (exact) mass is 289 g/mol. The van der Waals surface area contributed by atoms with Gasteiger partial charge >= 0.3 is 0 Å². The summed E-state index contributed by atoms with van der Waals surface area (Å²) in [4.78, 5) is 18.7. The molecule has 4 nitrogen and oxygen atoms in total. The van der Waals surface area contributed by atoms with Crippen LogP contribution in [0.1, 0.15) is 44.6 Å². The molecule has 116 valence electrons. The van der Waals surface area contributed by atoms with Crippen molar-refractivity contribution in [1.82, 2.24) is 15.2 Å². The summed E-state index contributed by atoms with van der Waals surface area (Å²) in [5, 5.41) is 3.47. The number of rotatable bonds is 8. The molecule has 4 heteroatoms. The van der Waals surface area contributed by atoms with Crippen molar-refractivity contribution in [3.8, 4) is 0 Å². The van der Waals surface area contributed by atoms with Crippen molar-refractivity contribution in [1.29, 1.82) is 0 Å². The maximum Gasteiger partial charge on any atom is 0.240 e. The lowest BCUT2D eigenvalue weighted by atomic mass is 10.1. The molecule has 0 aromatic carbocycles. The van der Waals surface area contributed by atoms with Gasteiger partial charge in [0.1, 0.15) is 0 Å². The maximum absolute atomic E-state index is 12.7. The van der Waals surface area contributed by atoms with E-state index in [2.05, 4.69) is 17.2 Å². The summed E-state index contributed by atoms with van der Waals surface area (Å²) in [5.41, 5.74) is 1.17. The number of hydrogen-bond acceptors (Lipinski definition) is 3. The highest BCUT2D eigenvalue weighted by atomic mass is 16.2. The van der Waals surface area contributed by atoms with E-state index in [9.17, 15) is 4.79 Å². The molecule has 0 radical (unpaired) electrons. The summed E-state index contributed by atoms with van der Waals surface area (Å²) in [6, 6.07) is 3.90. The molecule has 0 unspecified atom stereocenters. The minimum Gasteiger partial charge on any atom is -0.341 e. The van der Waals surface area contributed by atoms with Crippen LogP contribution in [0.15, 0.2) is 24.5 Å². The zero-order chi connectivity index (χ0) is 14.9. The number of carbonyl (C=O) groups excluding carboxylic acids is 1. The van der Waals surface area contributed by atoms with Crippen molar-refractivity contribution in [3.05, 3.63) is 30.1 Å². The third kappa shape index (κ3) is 5.12. The van der Waals surface area contributed by atoms with Gasteiger partial charge in [-0.15, -0.1) is 0 Å². The quantitative estimate of drug-likeness (QED) is 0.747. The van der Waals surface area contributed by atoms with E-state index in [1.807, 2.05) is 17.0 Å². The normalized spacial score (nSPS) is 16.1. The first-order valence-corrected chi connectivity index (χ1v) is 8.22. The Morgan fingerprint density at radius 1 is 1.29 bits per heavy atom. The number of pyridine rings is 1. The van der Waals surface area contributed by atoms with Crippen LogP contribution in [0, 0.1) is 0 Å². The number of likely N-dealkylation sites (tertiary alicyclic amines) is 1. The predicted molar refractivity (Wildman–Crippen MR) is 85.1 cm³/mol. The molecule has 2 heterocycles. The summed E-state index contributed by atoms with van der Waals surface area (Å²) < 4.78 is 0. The van der Waals surface area contributed by atoms with Crippen molar-refractivity contribution >= 4 is 5.91 Å². The molecular weight excluding hydrogens is 262 g/mol. The van der Waals surface area contributed by atoms with E-state index in [1.165, 1.54) is 18.4 Å². The fourth-order valence-electron chi connectivity index (χ4n) is 2.81. The fourth-order valence-corrected chi connectivity index (χ4v) is 2.81. The first-order valence-electron chi connectivity index (χ1n) is 8.22. The lowest BCUT2D eigenvalue weighted by molar-refractivity contribution is -0.132. The van der Waals surface area contributed by atoms with Crippen LogP contribution in [-0.2, 0) is 11.2 Å². The zero-order valence-electron chi connectivity index (χ0n) is 13.1. The van der Waals surface area contributed by atoms with E-state index < -0.39 is 0 Å². The molecule has 1 N–H and O–H groups in total. The number of unbranched alkanes of at least 4 members (excludes halogenated alkanes) is 2. The summed E-state index contributed by atoms with van der Waals surface area (Å²) in [5.74, 6) is 0.265. The maximum atomic E-state index is 12.7. The summed E-state index contributed by atoms with van der Waals surface area (Å²) >= 11 is 0. The van der Waals surface area contributed by atoms with E-state index in [4.69, 9.17) is 0 Å². The second kappa shape index (κ2) is 8.78. The van der Waals surface area contributed by atoms with Gasteiger partial charge in [0, 0.05) is 25.5 Å². The summed E-state index contributed by atoms with van der Waals surface area (Å²) in [7, 11) is 0. The Kier molecular flexibility index (Phi) is 6.67. The number of amides is 1. The Labute approximate surface area is 127 Å². The topological polar surface area (TPSA) is 45.2 Å². The Morgan fingerprint density at radius 2 is 2.00 bits per heavy atom. The molecule has 1 aromatic heterocycles. The second-order valence-corrected chi connectivity index (χ2v) is 5.81. The van der Waals surface area contributed by atoms with Crippen LogP contribution >= 0.6 is 0 Å². The Hall–Kier alpha value is -1.42. The number of nitrogens with one attached hydrogen (secondary N) is 1. The van der Waals surface area contributed by atoms with Gasteiger partial charge in [0.2, 0.25) is 5.91 Å². The average Bonchev–Trinajstić information content (AvgIpc) is 3.05. The molecule has 0 bridgehead atoms. The third-order valence-electron chi connectivity index (χ3n) is 4.08. The van der Waals surface area contributed by atoms with Crippen molar-refractivity contribution in [3.63, 3.8) is 0 Å². The Bertz CT molecular complexity index is 415. The molecule has 1 aliphatic rings. The van der Waals surface area contributed by atoms with Gasteiger partial charge in [-0.3, -0.25) is 9.78 Å². The largest absolute Gasteiger partial charge is 0.341 e. The number of carbonyl (C=O) groups is 1. The standard InChI is InChI=1S/C17H27N3O/c1-2-3-4-9-19-16(14-15-7-10-18-11-8-15)17(21)20-12-5-6-13-20/h7-8,10-11,16,19H,2-6,9,12-14H2,1H3/t16-/m1/s1. The van der Waals surface area contributed by atoms with Crippen molar-refractivity contribution in [2.45, 2.75) is 51.5 Å². The minimum absolute atomic E-state index is 0.0950. The number of hydrogen-bond donors (Lipinski definition) is 1. The predicted octanol–water partition coefficient (Wildman–Crippen LogP) is 2.39. The van der Waals surface area contributed by atoms with Crippen LogP contribution in [-0.4, -0.2) is 41.5 Å². The van der Waals surface area contributed by atoms with Crippen LogP contribution in [0.3, 0.4) is 0 Å². The fraction of sp³-hybridized carbons (Fsp3) is 0.647. The van der Waals surface area contributed by atoms with Crippen molar-refractivity contribution < 1.29 is 4.79 Å². The molecule has 0 saturated carbocycles. The molecule has 21 heavy (non-hydrogen) atoms. The summed E-state index contributed by atoms with van der Waals surface area (Å²) in [6.45, 7) is 4.96. The van der Waals surface area contributed by atoms with E-state index >= 15 is 0 Å². The van der Waals surface area contributed by atoms with Gasteiger partial charge in [0.15, 0.2) is 0 Å². The Morgan fingerprint density at radius 3 is 2.67 bits per heavy atom. The smallest absolute Gasteiger partial charge is 0.240 e. The molecule has 1 amide bonds. The lowest BCUT2D eigenvalue weighted by Crippen LogP contribution is -2.47. The molecule has 1 saturated heterocycles. The number of nitrogens with zero attached hydrogens (tertiary/aromatic N) is 2. The molecule has 1 fully saturated rings. The van der Waals surface area contributed by atoms with Gasteiger partial charge in [-0.1, -0.05) is 19.8 Å². The van der Waals surface area contributed by atoms with E-state index in [0.29, 0.717) is 0 Å². The molecular formula is C17H27N3O. The molecule has 2 rings (SSSR count). The van der Waals surface area contributed by atoms with Gasteiger partial charge in [-0.05, 0) is 49.9 Å². The first kappa shape index (κ1) is 16.0. The van der Waals surface area contributed by atoms with Gasteiger partial charge < -0.3 is 10.2 Å². The number of aromatic nitrogens is 1. The van der Waals surface area contributed by atoms with Gasteiger partial charge in [-0.2, -0.15) is 0 Å². The van der Waals surface area contributed by atoms with Gasteiger partial charge in [0.05, 0.1) is 6.04 Å². The highest BCUT2D eigenvalue weighted by Gasteiger charge is 2.26. The van der Waals surface area contributed by atoms with Crippen LogP contribution in [0.25, 0.3) is 0 Å². The van der Waals surface area contributed by atoms with Crippen LogP contribution < -0.4 is 5.32 Å². The second-order valence-electron chi connectivity index (χ2n) is 5.81. The third-order valence-corrected chi connectivity index (χ3v) is 4.08. The molecule has 1 atom stereocenters. The molecule has 1 aromatic rings. The minimum atomic E-state index is -0.0950. The molecule has 0 spiro atoms. The van der Waals surface area contributed by atoms with Gasteiger partial charge in [-0.25, -0.2) is 0 Å². The highest BCUT2D eigenvalue weighted by Crippen LogP contribution is 2.12. The van der Waals surface area contributed by atoms with Crippen LogP contribution in [0.2, 0.25) is 0 Å². The van der Waals surface area contributed by atoms with E-state index in [0.717, 1.165) is 45.3 Å².